The summed E-state index contributed by atoms with van der Waals surface area (Å²) < 4.78 is 5.64. The van der Waals surface area contributed by atoms with Crippen LogP contribution in [-0.2, 0) is 6.42 Å². The number of anilines is 3. The van der Waals surface area contributed by atoms with Crippen LogP contribution >= 0.6 is 11.6 Å². The van der Waals surface area contributed by atoms with Crippen molar-refractivity contribution in [2.75, 3.05) is 17.2 Å². The predicted octanol–water partition coefficient (Wildman–Crippen LogP) is 4.71. The van der Waals surface area contributed by atoms with Gasteiger partial charge in [0.1, 0.15) is 5.75 Å². The number of aromatic nitrogens is 3. The molecule has 7 heteroatoms. The van der Waals surface area contributed by atoms with Gasteiger partial charge in [-0.25, -0.2) is 0 Å². The number of ether oxygens (including phenoxy) is 1. The Morgan fingerprint density at radius 2 is 1.78 bits per heavy atom. The summed E-state index contributed by atoms with van der Waals surface area (Å²) in [4.78, 5) is 4.44. The zero-order valence-corrected chi connectivity index (χ0v) is 16.1. The van der Waals surface area contributed by atoms with Crippen molar-refractivity contribution in [2.45, 2.75) is 26.4 Å². The number of halogens is 1. The van der Waals surface area contributed by atoms with Gasteiger partial charge in [-0.3, -0.25) is 0 Å². The lowest BCUT2D eigenvalue weighted by atomic mass is 10.1. The van der Waals surface area contributed by atoms with Gasteiger partial charge in [0.2, 0.25) is 5.95 Å². The molecule has 2 aromatic carbocycles. The van der Waals surface area contributed by atoms with Gasteiger partial charge in [-0.1, -0.05) is 23.7 Å². The van der Waals surface area contributed by atoms with E-state index in [0.29, 0.717) is 18.3 Å². The molecule has 0 saturated heterocycles. The SMILES string of the molecule is CC(C)Oc1ccc(Nc2cnnc(NCCc3ccc(Cl)cc3)n2)cc1. The zero-order valence-electron chi connectivity index (χ0n) is 15.3. The Morgan fingerprint density at radius 3 is 2.48 bits per heavy atom. The highest BCUT2D eigenvalue weighted by molar-refractivity contribution is 6.30. The Kier molecular flexibility index (Phi) is 6.44. The van der Waals surface area contributed by atoms with Gasteiger partial charge in [-0.05, 0) is 62.2 Å². The molecular formula is C20H22ClN5O. The molecule has 0 amide bonds. The van der Waals surface area contributed by atoms with Crippen molar-refractivity contribution in [3.63, 3.8) is 0 Å². The topological polar surface area (TPSA) is 72.0 Å². The van der Waals surface area contributed by atoms with Crippen LogP contribution in [0.3, 0.4) is 0 Å². The van der Waals surface area contributed by atoms with Crippen LogP contribution in [0, 0.1) is 0 Å². The van der Waals surface area contributed by atoms with E-state index in [0.717, 1.165) is 22.9 Å². The minimum absolute atomic E-state index is 0.149. The maximum Gasteiger partial charge on any atom is 0.244 e. The Hall–Kier alpha value is -2.86. The van der Waals surface area contributed by atoms with E-state index in [1.807, 2.05) is 62.4 Å². The van der Waals surface area contributed by atoms with Crippen molar-refractivity contribution >= 4 is 29.1 Å². The molecule has 0 unspecified atom stereocenters. The molecular weight excluding hydrogens is 362 g/mol. The van der Waals surface area contributed by atoms with Crippen LogP contribution in [-0.4, -0.2) is 27.8 Å². The van der Waals surface area contributed by atoms with Gasteiger partial charge in [0.05, 0.1) is 12.3 Å². The van der Waals surface area contributed by atoms with Crippen LogP contribution in [0.25, 0.3) is 0 Å². The highest BCUT2D eigenvalue weighted by Gasteiger charge is 2.03. The third-order valence-electron chi connectivity index (χ3n) is 3.67. The summed E-state index contributed by atoms with van der Waals surface area (Å²) in [5, 5.41) is 15.2. The van der Waals surface area contributed by atoms with Crippen molar-refractivity contribution in [3.05, 3.63) is 65.3 Å². The molecule has 3 rings (SSSR count). The average Bonchev–Trinajstić information content (AvgIpc) is 2.65. The standard InChI is InChI=1S/C20H22ClN5O/c1-14(2)27-18-9-7-17(8-10-18)24-19-13-23-26-20(25-19)22-12-11-15-3-5-16(21)6-4-15/h3-10,13-14H,11-12H2,1-2H3,(H2,22,24,25,26). The summed E-state index contributed by atoms with van der Waals surface area (Å²) in [7, 11) is 0. The summed E-state index contributed by atoms with van der Waals surface area (Å²) in [5.41, 5.74) is 2.09. The number of hydrogen-bond donors (Lipinski definition) is 2. The Morgan fingerprint density at radius 1 is 1.04 bits per heavy atom. The maximum absolute atomic E-state index is 5.90. The molecule has 0 aliphatic rings. The van der Waals surface area contributed by atoms with E-state index >= 15 is 0 Å². The second-order valence-corrected chi connectivity index (χ2v) is 6.72. The molecule has 0 spiro atoms. The first-order chi connectivity index (χ1) is 13.1. The molecule has 6 nitrogen and oxygen atoms in total. The van der Waals surface area contributed by atoms with Gasteiger partial charge in [0.25, 0.3) is 0 Å². The second kappa shape index (κ2) is 9.19. The smallest absolute Gasteiger partial charge is 0.244 e. The normalized spacial score (nSPS) is 10.7. The summed E-state index contributed by atoms with van der Waals surface area (Å²) >= 11 is 5.90. The van der Waals surface area contributed by atoms with Crippen LogP contribution in [0.5, 0.6) is 5.75 Å². The first-order valence-corrected chi connectivity index (χ1v) is 9.18. The van der Waals surface area contributed by atoms with E-state index < -0.39 is 0 Å². The molecule has 0 aliphatic carbocycles. The Labute approximate surface area is 164 Å². The highest BCUT2D eigenvalue weighted by atomic mass is 35.5. The van der Waals surface area contributed by atoms with Gasteiger partial charge < -0.3 is 15.4 Å². The minimum atomic E-state index is 0.149. The third kappa shape index (κ3) is 6.11. The average molecular weight is 384 g/mol. The summed E-state index contributed by atoms with van der Waals surface area (Å²) in [6.07, 6.45) is 2.58. The summed E-state index contributed by atoms with van der Waals surface area (Å²) in [5.74, 6) is 1.94. The van der Waals surface area contributed by atoms with Gasteiger partial charge in [-0.2, -0.15) is 10.1 Å². The second-order valence-electron chi connectivity index (χ2n) is 6.28. The van der Waals surface area contributed by atoms with Gasteiger partial charge in [0.15, 0.2) is 5.82 Å². The van der Waals surface area contributed by atoms with Gasteiger partial charge in [0, 0.05) is 17.3 Å². The van der Waals surface area contributed by atoms with Gasteiger partial charge >= 0.3 is 0 Å². The van der Waals surface area contributed by atoms with E-state index in [4.69, 9.17) is 16.3 Å². The van der Waals surface area contributed by atoms with Gasteiger partial charge in [-0.15, -0.1) is 5.10 Å². The molecule has 1 aromatic heterocycles. The molecule has 0 saturated carbocycles. The van der Waals surface area contributed by atoms with E-state index in [2.05, 4.69) is 25.8 Å². The molecule has 140 valence electrons. The van der Waals surface area contributed by atoms with Crippen molar-refractivity contribution in [3.8, 4) is 5.75 Å². The quantitative estimate of drug-likeness (QED) is 0.587. The largest absolute Gasteiger partial charge is 0.491 e. The van der Waals surface area contributed by atoms with Crippen LogP contribution in [0.1, 0.15) is 19.4 Å². The molecule has 0 radical (unpaired) electrons. The fourth-order valence-electron chi connectivity index (χ4n) is 2.45. The lowest BCUT2D eigenvalue weighted by Crippen LogP contribution is -2.09. The first-order valence-electron chi connectivity index (χ1n) is 8.80. The van der Waals surface area contributed by atoms with E-state index in [1.165, 1.54) is 5.56 Å². The molecule has 0 bridgehead atoms. The van der Waals surface area contributed by atoms with Crippen LogP contribution in [0.2, 0.25) is 5.02 Å². The van der Waals surface area contributed by atoms with Crippen molar-refractivity contribution in [2.24, 2.45) is 0 Å². The lowest BCUT2D eigenvalue weighted by Gasteiger charge is -2.11. The molecule has 0 aliphatic heterocycles. The fraction of sp³-hybridized carbons (Fsp3) is 0.250. The van der Waals surface area contributed by atoms with Crippen molar-refractivity contribution < 1.29 is 4.74 Å². The number of hydrogen-bond acceptors (Lipinski definition) is 6. The van der Waals surface area contributed by atoms with E-state index in [-0.39, 0.29) is 6.10 Å². The van der Waals surface area contributed by atoms with Crippen LogP contribution < -0.4 is 15.4 Å². The van der Waals surface area contributed by atoms with Crippen LogP contribution in [0.4, 0.5) is 17.5 Å². The van der Waals surface area contributed by atoms with Crippen molar-refractivity contribution in [1.29, 1.82) is 0 Å². The Bertz CT molecular complexity index is 853. The van der Waals surface area contributed by atoms with E-state index in [1.54, 1.807) is 6.20 Å². The summed E-state index contributed by atoms with van der Waals surface area (Å²) in [6, 6.07) is 15.5. The maximum atomic E-state index is 5.90. The summed E-state index contributed by atoms with van der Waals surface area (Å²) in [6.45, 7) is 4.70. The number of benzene rings is 2. The van der Waals surface area contributed by atoms with Crippen LogP contribution in [0.15, 0.2) is 54.7 Å². The zero-order chi connectivity index (χ0) is 19.1. The monoisotopic (exact) mass is 383 g/mol. The number of nitrogens with zero attached hydrogens (tertiary/aromatic N) is 3. The molecule has 0 atom stereocenters. The van der Waals surface area contributed by atoms with Crippen molar-refractivity contribution in [1.82, 2.24) is 15.2 Å². The molecule has 1 heterocycles. The highest BCUT2D eigenvalue weighted by Crippen LogP contribution is 2.19. The number of nitrogens with one attached hydrogen (secondary N) is 2. The Balaban J connectivity index is 1.54. The molecule has 3 aromatic rings. The fourth-order valence-corrected chi connectivity index (χ4v) is 2.57. The number of rotatable bonds is 8. The molecule has 2 N–H and O–H groups in total. The molecule has 27 heavy (non-hydrogen) atoms. The minimum Gasteiger partial charge on any atom is -0.491 e. The molecule has 0 fully saturated rings. The predicted molar refractivity (Wildman–Crippen MR) is 109 cm³/mol. The third-order valence-corrected chi connectivity index (χ3v) is 3.92. The first kappa shape index (κ1) is 18.9. The lowest BCUT2D eigenvalue weighted by molar-refractivity contribution is 0.242. The van der Waals surface area contributed by atoms with E-state index in [9.17, 15) is 0 Å².